The maximum atomic E-state index is 13.1. The molecule has 1 N–H and O–H groups in total. The van der Waals surface area contributed by atoms with Gasteiger partial charge in [-0.3, -0.25) is 14.8 Å². The molecule has 2 aliphatic heterocycles. The first-order valence-corrected chi connectivity index (χ1v) is 10.3. The Bertz CT molecular complexity index is 1060. The van der Waals surface area contributed by atoms with Crippen LogP contribution in [0.5, 0.6) is 0 Å². The number of hydrogen-bond acceptors (Lipinski definition) is 6. The Morgan fingerprint density at radius 2 is 2.00 bits per heavy atom. The molecule has 30 heavy (non-hydrogen) atoms. The van der Waals surface area contributed by atoms with Gasteiger partial charge >= 0.3 is 0 Å². The van der Waals surface area contributed by atoms with Crippen LogP contribution >= 0.6 is 0 Å². The molecule has 0 bridgehead atoms. The van der Waals surface area contributed by atoms with E-state index in [0.717, 1.165) is 53.9 Å². The van der Waals surface area contributed by atoms with Crippen LogP contribution < -0.4 is 0 Å². The van der Waals surface area contributed by atoms with E-state index in [1.165, 1.54) is 0 Å². The van der Waals surface area contributed by atoms with Gasteiger partial charge in [0, 0.05) is 49.8 Å². The van der Waals surface area contributed by atoms with E-state index >= 15 is 0 Å². The fourth-order valence-electron chi connectivity index (χ4n) is 5.04. The van der Waals surface area contributed by atoms with Gasteiger partial charge in [0.2, 0.25) is 0 Å². The molecule has 0 unspecified atom stereocenters. The lowest BCUT2D eigenvalue weighted by atomic mass is 9.80. The number of likely N-dealkylation sites (tertiary alicyclic amines) is 2. The molecule has 1 aromatic carbocycles. The largest absolute Gasteiger partial charge is 0.361 e. The Hall–Kier alpha value is -3.00. The van der Waals surface area contributed by atoms with Crippen molar-refractivity contribution in [2.45, 2.75) is 32.7 Å². The second-order valence-electron chi connectivity index (χ2n) is 8.62. The molecule has 8 heteroatoms. The number of nitrogens with one attached hydrogen (secondary N) is 1. The summed E-state index contributed by atoms with van der Waals surface area (Å²) in [6.45, 7) is 9.67. The Morgan fingerprint density at radius 3 is 2.67 bits per heavy atom. The summed E-state index contributed by atoms with van der Waals surface area (Å²) in [5, 5.41) is 11.6. The highest BCUT2D eigenvalue weighted by atomic mass is 16.5. The van der Waals surface area contributed by atoms with Crippen LogP contribution in [0.25, 0.3) is 0 Å². The van der Waals surface area contributed by atoms with Crippen LogP contribution in [0, 0.1) is 26.7 Å². The lowest BCUT2D eigenvalue weighted by molar-refractivity contribution is 0.0769. The summed E-state index contributed by atoms with van der Waals surface area (Å²) >= 11 is 0. The quantitative estimate of drug-likeness (QED) is 0.715. The third-order valence-electron chi connectivity index (χ3n) is 6.59. The fourth-order valence-corrected chi connectivity index (χ4v) is 5.04. The molecule has 1 amide bonds. The van der Waals surface area contributed by atoms with Crippen LogP contribution in [-0.4, -0.2) is 62.2 Å². The van der Waals surface area contributed by atoms with E-state index < -0.39 is 0 Å². The maximum Gasteiger partial charge on any atom is 0.253 e. The average Bonchev–Trinajstić information content (AvgIpc) is 3.48. The Balaban J connectivity index is 1.43. The predicted octanol–water partition coefficient (Wildman–Crippen LogP) is 2.24. The number of nitrogens with zero attached hydrogens (tertiary/aromatic N) is 5. The van der Waals surface area contributed by atoms with E-state index in [1.54, 1.807) is 0 Å². The number of carbonyl (C=O) groups excluding carboxylic acids is 1. The number of benzene rings is 1. The predicted molar refractivity (Wildman–Crippen MR) is 110 cm³/mol. The zero-order chi connectivity index (χ0) is 20.9. The van der Waals surface area contributed by atoms with Crippen molar-refractivity contribution in [2.24, 2.45) is 5.92 Å². The van der Waals surface area contributed by atoms with Crippen LogP contribution in [0.1, 0.15) is 39.0 Å². The van der Waals surface area contributed by atoms with Crippen molar-refractivity contribution < 1.29 is 9.32 Å². The number of rotatable bonds is 4. The first-order valence-electron chi connectivity index (χ1n) is 10.3. The minimum Gasteiger partial charge on any atom is -0.361 e. The van der Waals surface area contributed by atoms with Crippen LogP contribution in [0.15, 0.2) is 34.9 Å². The van der Waals surface area contributed by atoms with Crippen molar-refractivity contribution in [3.63, 3.8) is 0 Å². The van der Waals surface area contributed by atoms with E-state index in [0.29, 0.717) is 13.1 Å². The van der Waals surface area contributed by atoms with Gasteiger partial charge in [-0.25, -0.2) is 4.98 Å². The van der Waals surface area contributed by atoms with Crippen molar-refractivity contribution in [1.29, 1.82) is 0 Å². The van der Waals surface area contributed by atoms with Gasteiger partial charge in [-0.2, -0.15) is 5.10 Å². The SMILES string of the molecule is Cc1nc([C@@]23CN(Cc4c(C)noc4C)C[C@@H]2CN(C(=O)c2ccccc2)C3)n[nH]1. The first-order chi connectivity index (χ1) is 14.5. The zero-order valence-electron chi connectivity index (χ0n) is 17.6. The summed E-state index contributed by atoms with van der Waals surface area (Å²) in [5.74, 6) is 2.84. The topological polar surface area (TPSA) is 91.2 Å². The standard InChI is InChI=1S/C22H26N6O2/c1-14-19(15(2)30-26-14)11-27-9-18-10-28(20(29)17-7-5-4-6-8-17)13-22(18,12-27)21-23-16(3)24-25-21/h4-8,18H,9-13H2,1-3H3,(H,23,24,25)/t18-,22-/m1/s1. The molecule has 156 valence electrons. The molecule has 0 saturated carbocycles. The molecule has 2 fully saturated rings. The number of amides is 1. The second kappa shape index (κ2) is 7.05. The summed E-state index contributed by atoms with van der Waals surface area (Å²) in [4.78, 5) is 22.2. The van der Waals surface area contributed by atoms with Gasteiger partial charge < -0.3 is 9.42 Å². The summed E-state index contributed by atoms with van der Waals surface area (Å²) < 4.78 is 5.35. The number of aryl methyl sites for hydroxylation is 3. The molecule has 4 heterocycles. The van der Waals surface area contributed by atoms with Crippen molar-refractivity contribution in [3.05, 3.63) is 64.6 Å². The number of carbonyl (C=O) groups is 1. The zero-order valence-corrected chi connectivity index (χ0v) is 17.6. The van der Waals surface area contributed by atoms with Crippen molar-refractivity contribution >= 4 is 5.91 Å². The Kier molecular flexibility index (Phi) is 4.47. The Morgan fingerprint density at radius 1 is 1.20 bits per heavy atom. The van der Waals surface area contributed by atoms with Crippen molar-refractivity contribution in [3.8, 4) is 0 Å². The molecule has 2 atom stereocenters. The lowest BCUT2D eigenvalue weighted by Gasteiger charge is -2.27. The molecular weight excluding hydrogens is 380 g/mol. The van der Waals surface area contributed by atoms with Crippen LogP contribution in [0.2, 0.25) is 0 Å². The number of H-pyrrole nitrogens is 1. The van der Waals surface area contributed by atoms with Gasteiger partial charge in [0.25, 0.3) is 5.91 Å². The summed E-state index contributed by atoms with van der Waals surface area (Å²) in [5.41, 5.74) is 2.54. The minimum atomic E-state index is -0.270. The van der Waals surface area contributed by atoms with Gasteiger partial charge in [-0.15, -0.1) is 0 Å². The number of aromatic nitrogens is 4. The third kappa shape index (κ3) is 3.02. The fraction of sp³-hybridized carbons (Fsp3) is 0.455. The summed E-state index contributed by atoms with van der Waals surface area (Å²) in [6, 6.07) is 9.50. The average molecular weight is 406 g/mol. The van der Waals surface area contributed by atoms with Gasteiger partial charge in [-0.05, 0) is 32.9 Å². The van der Waals surface area contributed by atoms with E-state index in [2.05, 4.69) is 20.3 Å². The number of fused-ring (bicyclic) bond motifs is 1. The lowest BCUT2D eigenvalue weighted by Crippen LogP contribution is -2.40. The normalized spacial score (nSPS) is 23.8. The van der Waals surface area contributed by atoms with E-state index in [4.69, 9.17) is 9.51 Å². The van der Waals surface area contributed by atoms with E-state index in [1.807, 2.05) is 56.0 Å². The molecule has 0 radical (unpaired) electrons. The molecule has 2 aromatic heterocycles. The second-order valence-corrected chi connectivity index (χ2v) is 8.62. The smallest absolute Gasteiger partial charge is 0.253 e. The summed E-state index contributed by atoms with van der Waals surface area (Å²) in [6.07, 6.45) is 0. The monoisotopic (exact) mass is 406 g/mol. The summed E-state index contributed by atoms with van der Waals surface area (Å²) in [7, 11) is 0. The third-order valence-corrected chi connectivity index (χ3v) is 6.59. The van der Waals surface area contributed by atoms with Gasteiger partial charge in [0.1, 0.15) is 11.6 Å². The highest BCUT2D eigenvalue weighted by molar-refractivity contribution is 5.94. The Labute approximate surface area is 175 Å². The van der Waals surface area contributed by atoms with Crippen LogP contribution in [0.3, 0.4) is 0 Å². The van der Waals surface area contributed by atoms with Crippen LogP contribution in [0.4, 0.5) is 0 Å². The molecule has 0 spiro atoms. The van der Waals surface area contributed by atoms with E-state index in [-0.39, 0.29) is 17.2 Å². The van der Waals surface area contributed by atoms with E-state index in [9.17, 15) is 4.79 Å². The molecule has 5 rings (SSSR count). The first kappa shape index (κ1) is 19.0. The molecule has 3 aromatic rings. The van der Waals surface area contributed by atoms with Gasteiger partial charge in [-0.1, -0.05) is 23.4 Å². The number of aromatic amines is 1. The van der Waals surface area contributed by atoms with Crippen molar-refractivity contribution in [2.75, 3.05) is 26.2 Å². The molecule has 8 nitrogen and oxygen atoms in total. The maximum absolute atomic E-state index is 13.1. The molecule has 2 saturated heterocycles. The molecule has 2 aliphatic rings. The highest BCUT2D eigenvalue weighted by Gasteiger charge is 2.56. The van der Waals surface area contributed by atoms with Crippen molar-refractivity contribution in [1.82, 2.24) is 30.1 Å². The minimum absolute atomic E-state index is 0.0777. The van der Waals surface area contributed by atoms with Gasteiger partial charge in [0.05, 0.1) is 11.1 Å². The van der Waals surface area contributed by atoms with Gasteiger partial charge in [0.15, 0.2) is 5.82 Å². The molecule has 0 aliphatic carbocycles. The van der Waals surface area contributed by atoms with Crippen LogP contribution in [-0.2, 0) is 12.0 Å². The highest BCUT2D eigenvalue weighted by Crippen LogP contribution is 2.44. The molecular formula is C22H26N6O2. The number of hydrogen-bond donors (Lipinski definition) is 1.